The molecule has 0 fully saturated rings. The molecule has 0 amide bonds. The molecule has 0 aliphatic rings. The number of hydrogen-bond donors (Lipinski definition) is 0. The third-order valence-electron chi connectivity index (χ3n) is 1.99. The predicted octanol–water partition coefficient (Wildman–Crippen LogP) is 2.39. The average molecular weight is 187 g/mol. The van der Waals surface area contributed by atoms with Crippen molar-refractivity contribution in [2.24, 2.45) is 5.41 Å². The molecule has 0 spiro atoms. The van der Waals surface area contributed by atoms with Crippen LogP contribution in [0, 0.1) is 5.41 Å². The second-order valence-electron chi connectivity index (χ2n) is 5.12. The van der Waals surface area contributed by atoms with Crippen LogP contribution in [0.15, 0.2) is 0 Å². The molecular weight excluding hydrogens is 162 g/mol. The first kappa shape index (κ1) is 12.9. The summed E-state index contributed by atoms with van der Waals surface area (Å²) in [6, 6.07) is 0.606. The van der Waals surface area contributed by atoms with E-state index in [2.05, 4.69) is 39.5 Å². The summed E-state index contributed by atoms with van der Waals surface area (Å²) in [5.41, 5.74) is 0.373. The highest BCUT2D eigenvalue weighted by Gasteiger charge is 2.17. The highest BCUT2D eigenvalue weighted by Crippen LogP contribution is 2.16. The number of hydrogen-bond acceptors (Lipinski definition) is 2. The molecule has 0 atom stereocenters. The zero-order chi connectivity index (χ0) is 10.5. The normalized spacial score (nSPS) is 12.9. The Morgan fingerprint density at radius 2 is 1.77 bits per heavy atom. The van der Waals surface area contributed by atoms with Crippen molar-refractivity contribution < 1.29 is 4.74 Å². The summed E-state index contributed by atoms with van der Waals surface area (Å²) < 4.78 is 5.10. The Labute approximate surface area is 83.3 Å². The van der Waals surface area contributed by atoms with Crippen LogP contribution in [0.25, 0.3) is 0 Å². The average Bonchev–Trinajstić information content (AvgIpc) is 1.95. The lowest BCUT2D eigenvalue weighted by atomic mass is 9.95. The second kappa shape index (κ2) is 5.61. The van der Waals surface area contributed by atoms with E-state index in [0.29, 0.717) is 11.5 Å². The van der Waals surface area contributed by atoms with Gasteiger partial charge in [-0.3, -0.25) is 4.90 Å². The fourth-order valence-corrected chi connectivity index (χ4v) is 1.34. The standard InChI is InChI=1S/C11H25NO/c1-10(2)12(7-8-13-6)9-11(3,4)5/h10H,7-9H2,1-6H3. The molecule has 0 N–H and O–H groups in total. The van der Waals surface area contributed by atoms with E-state index in [1.807, 2.05) is 0 Å². The minimum atomic E-state index is 0.373. The van der Waals surface area contributed by atoms with Crippen LogP contribution in [0.2, 0.25) is 0 Å². The maximum absolute atomic E-state index is 5.10. The molecule has 13 heavy (non-hydrogen) atoms. The Hall–Kier alpha value is -0.0800. The van der Waals surface area contributed by atoms with Gasteiger partial charge in [-0.1, -0.05) is 20.8 Å². The van der Waals surface area contributed by atoms with Crippen molar-refractivity contribution in [1.82, 2.24) is 4.90 Å². The van der Waals surface area contributed by atoms with Crippen molar-refractivity contribution in [2.45, 2.75) is 40.7 Å². The van der Waals surface area contributed by atoms with E-state index in [4.69, 9.17) is 4.74 Å². The summed E-state index contributed by atoms with van der Waals surface area (Å²) in [7, 11) is 1.76. The smallest absolute Gasteiger partial charge is 0.0589 e. The summed E-state index contributed by atoms with van der Waals surface area (Å²) in [6.45, 7) is 14.3. The number of methoxy groups -OCH3 is 1. The zero-order valence-electron chi connectivity index (χ0n) is 10.1. The first-order valence-electron chi connectivity index (χ1n) is 5.10. The van der Waals surface area contributed by atoms with Gasteiger partial charge in [-0.2, -0.15) is 0 Å². The van der Waals surface area contributed by atoms with Gasteiger partial charge in [-0.25, -0.2) is 0 Å². The van der Waals surface area contributed by atoms with Crippen molar-refractivity contribution in [3.05, 3.63) is 0 Å². The lowest BCUT2D eigenvalue weighted by molar-refractivity contribution is 0.102. The maximum Gasteiger partial charge on any atom is 0.0589 e. The summed E-state index contributed by atoms with van der Waals surface area (Å²) in [4.78, 5) is 2.46. The van der Waals surface area contributed by atoms with E-state index in [-0.39, 0.29) is 0 Å². The van der Waals surface area contributed by atoms with Crippen molar-refractivity contribution in [2.75, 3.05) is 26.8 Å². The molecule has 0 aromatic carbocycles. The van der Waals surface area contributed by atoms with Gasteiger partial charge in [0.2, 0.25) is 0 Å². The SMILES string of the molecule is COCCN(CC(C)(C)C)C(C)C. The van der Waals surface area contributed by atoms with E-state index in [0.717, 1.165) is 19.7 Å². The Kier molecular flexibility index (Phi) is 5.57. The maximum atomic E-state index is 5.10. The largest absolute Gasteiger partial charge is 0.383 e. The van der Waals surface area contributed by atoms with Gasteiger partial charge < -0.3 is 4.74 Å². The molecule has 0 saturated carbocycles. The van der Waals surface area contributed by atoms with E-state index in [1.54, 1.807) is 7.11 Å². The van der Waals surface area contributed by atoms with Gasteiger partial charge >= 0.3 is 0 Å². The van der Waals surface area contributed by atoms with Gasteiger partial charge in [0.25, 0.3) is 0 Å². The van der Waals surface area contributed by atoms with Crippen LogP contribution in [0.1, 0.15) is 34.6 Å². The van der Waals surface area contributed by atoms with Crippen molar-refractivity contribution in [3.8, 4) is 0 Å². The Morgan fingerprint density at radius 1 is 1.23 bits per heavy atom. The molecule has 0 aliphatic heterocycles. The first-order chi connectivity index (χ1) is 5.87. The van der Waals surface area contributed by atoms with Gasteiger partial charge in [-0.15, -0.1) is 0 Å². The van der Waals surface area contributed by atoms with Crippen LogP contribution in [0.5, 0.6) is 0 Å². The molecule has 2 nitrogen and oxygen atoms in total. The molecule has 0 bridgehead atoms. The van der Waals surface area contributed by atoms with Gasteiger partial charge in [0.15, 0.2) is 0 Å². The highest BCUT2D eigenvalue weighted by molar-refractivity contribution is 4.71. The highest BCUT2D eigenvalue weighted by atomic mass is 16.5. The minimum Gasteiger partial charge on any atom is -0.383 e. The van der Waals surface area contributed by atoms with E-state index in [9.17, 15) is 0 Å². The van der Waals surface area contributed by atoms with Crippen molar-refractivity contribution in [3.63, 3.8) is 0 Å². The Bertz CT molecular complexity index is 127. The molecule has 0 aromatic rings. The number of rotatable bonds is 5. The summed E-state index contributed by atoms with van der Waals surface area (Å²) in [5.74, 6) is 0. The van der Waals surface area contributed by atoms with Crippen LogP contribution in [0.3, 0.4) is 0 Å². The van der Waals surface area contributed by atoms with Crippen molar-refractivity contribution in [1.29, 1.82) is 0 Å². The van der Waals surface area contributed by atoms with Gasteiger partial charge in [0, 0.05) is 26.2 Å². The summed E-state index contributed by atoms with van der Waals surface area (Å²) in [6.07, 6.45) is 0. The quantitative estimate of drug-likeness (QED) is 0.655. The predicted molar refractivity (Wildman–Crippen MR) is 58.0 cm³/mol. The fraction of sp³-hybridized carbons (Fsp3) is 1.00. The molecular formula is C11H25NO. The Morgan fingerprint density at radius 3 is 2.08 bits per heavy atom. The molecule has 0 aliphatic carbocycles. The summed E-state index contributed by atoms with van der Waals surface area (Å²) >= 11 is 0. The lowest BCUT2D eigenvalue weighted by Gasteiger charge is -2.32. The topological polar surface area (TPSA) is 12.5 Å². The number of ether oxygens (including phenoxy) is 1. The fourth-order valence-electron chi connectivity index (χ4n) is 1.34. The number of nitrogens with zero attached hydrogens (tertiary/aromatic N) is 1. The molecule has 0 radical (unpaired) electrons. The third kappa shape index (κ3) is 7.03. The second-order valence-corrected chi connectivity index (χ2v) is 5.12. The van der Waals surface area contributed by atoms with Gasteiger partial charge in [0.05, 0.1) is 6.61 Å². The van der Waals surface area contributed by atoms with Crippen LogP contribution in [0.4, 0.5) is 0 Å². The molecule has 0 unspecified atom stereocenters. The van der Waals surface area contributed by atoms with E-state index in [1.165, 1.54) is 0 Å². The minimum absolute atomic E-state index is 0.373. The Balaban J connectivity index is 3.95. The molecule has 0 saturated heterocycles. The van der Waals surface area contributed by atoms with Gasteiger partial charge in [0.1, 0.15) is 0 Å². The van der Waals surface area contributed by atoms with E-state index >= 15 is 0 Å². The molecule has 2 heteroatoms. The third-order valence-corrected chi connectivity index (χ3v) is 1.99. The van der Waals surface area contributed by atoms with Crippen LogP contribution >= 0.6 is 0 Å². The molecule has 0 heterocycles. The molecule has 0 aromatic heterocycles. The monoisotopic (exact) mass is 187 g/mol. The van der Waals surface area contributed by atoms with E-state index < -0.39 is 0 Å². The molecule has 0 rings (SSSR count). The van der Waals surface area contributed by atoms with Gasteiger partial charge in [-0.05, 0) is 19.3 Å². The first-order valence-corrected chi connectivity index (χ1v) is 5.10. The molecule has 80 valence electrons. The summed E-state index contributed by atoms with van der Waals surface area (Å²) in [5, 5.41) is 0. The lowest BCUT2D eigenvalue weighted by Crippen LogP contribution is -2.39. The van der Waals surface area contributed by atoms with Crippen LogP contribution in [-0.4, -0.2) is 37.7 Å². The van der Waals surface area contributed by atoms with Crippen LogP contribution in [-0.2, 0) is 4.74 Å². The van der Waals surface area contributed by atoms with Crippen LogP contribution < -0.4 is 0 Å². The van der Waals surface area contributed by atoms with Crippen molar-refractivity contribution >= 4 is 0 Å². The zero-order valence-corrected chi connectivity index (χ0v) is 10.1.